The van der Waals surface area contributed by atoms with Gasteiger partial charge in [-0.15, -0.1) is 0 Å². The fourth-order valence-electron chi connectivity index (χ4n) is 0.625. The minimum absolute atomic E-state index is 0.0381. The Kier molecular flexibility index (Phi) is 2.83. The van der Waals surface area contributed by atoms with Crippen molar-refractivity contribution in [1.82, 2.24) is 0 Å². The highest BCUT2D eigenvalue weighted by Crippen LogP contribution is 2.44. The molecule has 1 aliphatic carbocycles. The van der Waals surface area contributed by atoms with Crippen LogP contribution in [-0.4, -0.2) is 28.6 Å². The molecule has 0 aromatic heterocycles. The van der Waals surface area contributed by atoms with Crippen molar-refractivity contribution in [2.45, 2.75) is 18.4 Å². The van der Waals surface area contributed by atoms with Gasteiger partial charge in [0.15, 0.2) is 0 Å². The van der Waals surface area contributed by atoms with E-state index in [1.165, 1.54) is 0 Å². The summed E-state index contributed by atoms with van der Waals surface area (Å²) in [6.07, 6.45) is -1.19. The normalized spacial score (nSPS) is 29.9. The molecule has 0 bridgehead atoms. The van der Waals surface area contributed by atoms with E-state index in [0.717, 1.165) is 0 Å². The lowest BCUT2D eigenvalue weighted by Crippen LogP contribution is -2.08. The third kappa shape index (κ3) is 3.01. The number of rotatable bonds is 4. The summed E-state index contributed by atoms with van der Waals surface area (Å²) in [6.45, 7) is 0.0381. The Labute approximate surface area is 69.8 Å². The molecule has 1 saturated carbocycles. The van der Waals surface area contributed by atoms with Crippen molar-refractivity contribution in [3.05, 3.63) is 0 Å². The average molecular weight is 205 g/mol. The van der Waals surface area contributed by atoms with Gasteiger partial charge >= 0.3 is 0 Å². The van der Waals surface area contributed by atoms with Crippen LogP contribution in [0.15, 0.2) is 0 Å². The lowest BCUT2D eigenvalue weighted by Gasteiger charge is -1.98. The second-order valence-corrected chi connectivity index (χ2v) is 4.34. The average Bonchev–Trinajstić information content (AvgIpc) is 2.39. The van der Waals surface area contributed by atoms with Gasteiger partial charge < -0.3 is 4.74 Å². The van der Waals surface area contributed by atoms with E-state index in [1.54, 1.807) is 0 Å². The van der Waals surface area contributed by atoms with Gasteiger partial charge in [0, 0.05) is 6.42 Å². The summed E-state index contributed by atoms with van der Waals surface area (Å²) in [7, 11) is 3.58. The van der Waals surface area contributed by atoms with Crippen LogP contribution in [0.5, 0.6) is 0 Å². The third-order valence-corrected chi connectivity index (χ3v) is 2.28. The van der Waals surface area contributed by atoms with Crippen LogP contribution in [0.4, 0.5) is 8.78 Å². The van der Waals surface area contributed by atoms with E-state index in [2.05, 4.69) is 4.74 Å². The van der Waals surface area contributed by atoms with Crippen molar-refractivity contribution in [1.29, 1.82) is 0 Å². The first-order valence-electron chi connectivity index (χ1n) is 3.06. The van der Waals surface area contributed by atoms with E-state index in [1.807, 2.05) is 0 Å². The van der Waals surface area contributed by atoms with Gasteiger partial charge in [0.1, 0.15) is 16.1 Å². The lowest BCUT2D eigenvalue weighted by atomic mass is 10.7. The maximum absolute atomic E-state index is 12.1. The second-order valence-electron chi connectivity index (χ2n) is 2.32. The van der Waals surface area contributed by atoms with Crippen molar-refractivity contribution in [3.63, 3.8) is 0 Å². The molecule has 0 spiro atoms. The number of alkyl halides is 2. The first-order valence-corrected chi connectivity index (χ1v) is 5.21. The Morgan fingerprint density at radius 3 is 2.64 bits per heavy atom. The summed E-state index contributed by atoms with van der Waals surface area (Å²) < 4.78 is 39.0. The van der Waals surface area contributed by atoms with Gasteiger partial charge in [-0.05, 0) is 10.7 Å². The summed E-state index contributed by atoms with van der Waals surface area (Å²) in [6, 6.07) is 0. The summed E-state index contributed by atoms with van der Waals surface area (Å²) in [5.74, 6) is -2.55. The summed E-state index contributed by atoms with van der Waals surface area (Å²) in [4.78, 5) is 0. The predicted octanol–water partition coefficient (Wildman–Crippen LogP) is 1.31. The molecule has 0 aromatic rings. The Morgan fingerprint density at radius 2 is 2.27 bits per heavy atom. The fourth-order valence-corrected chi connectivity index (χ4v) is 1.04. The highest BCUT2D eigenvalue weighted by Gasteiger charge is 2.58. The van der Waals surface area contributed by atoms with Crippen LogP contribution in [0, 0.1) is 0 Å². The molecule has 6 heteroatoms. The highest BCUT2D eigenvalue weighted by molar-refractivity contribution is 8.08. The first kappa shape index (κ1) is 9.35. The Bertz CT molecular complexity index is 176. The van der Waals surface area contributed by atoms with E-state index >= 15 is 0 Å². The third-order valence-electron chi connectivity index (χ3n) is 1.33. The molecule has 0 radical (unpaired) electrons. The fraction of sp³-hybridized carbons (Fsp3) is 1.00. The molecule has 1 rings (SSSR count). The molecular weight excluding hydrogens is 198 g/mol. The van der Waals surface area contributed by atoms with Gasteiger partial charge in [0.25, 0.3) is 5.92 Å². The van der Waals surface area contributed by atoms with Crippen molar-refractivity contribution in [2.24, 2.45) is 0 Å². The van der Waals surface area contributed by atoms with Crippen LogP contribution < -0.4 is 0 Å². The van der Waals surface area contributed by atoms with Gasteiger partial charge in [0.05, 0.1) is 12.4 Å². The summed E-state index contributed by atoms with van der Waals surface area (Å²) in [5.41, 5.74) is 0. The van der Waals surface area contributed by atoms with Crippen LogP contribution in [0.1, 0.15) is 6.42 Å². The van der Waals surface area contributed by atoms with E-state index < -0.39 is 22.0 Å². The van der Waals surface area contributed by atoms with Crippen molar-refractivity contribution < 1.29 is 17.7 Å². The van der Waals surface area contributed by atoms with Crippen molar-refractivity contribution in [2.75, 3.05) is 12.4 Å². The van der Waals surface area contributed by atoms with Crippen LogP contribution in [0.2, 0.25) is 0 Å². The number of halogens is 3. The summed E-state index contributed by atoms with van der Waals surface area (Å²) in [5, 5.41) is 0. The minimum Gasteiger partial charge on any atom is -0.371 e. The lowest BCUT2D eigenvalue weighted by molar-refractivity contribution is 0.0188. The standard InChI is InChI=1S/C5H7ClF2O2S/c6-11(9)2-1-10-4-3-5(4,7)8/h4H,1-3H2. The molecule has 1 aliphatic rings. The molecule has 2 nitrogen and oxygen atoms in total. The molecule has 2 atom stereocenters. The molecule has 0 aliphatic heterocycles. The van der Waals surface area contributed by atoms with Gasteiger partial charge in [-0.1, -0.05) is 0 Å². The molecule has 11 heavy (non-hydrogen) atoms. The Morgan fingerprint density at radius 1 is 1.73 bits per heavy atom. The van der Waals surface area contributed by atoms with Crippen LogP contribution >= 0.6 is 10.7 Å². The predicted molar refractivity (Wildman–Crippen MR) is 38.2 cm³/mol. The second kappa shape index (κ2) is 3.33. The van der Waals surface area contributed by atoms with E-state index in [4.69, 9.17) is 10.7 Å². The van der Waals surface area contributed by atoms with E-state index in [9.17, 15) is 13.0 Å². The molecule has 0 N–H and O–H groups in total. The monoisotopic (exact) mass is 204 g/mol. The maximum Gasteiger partial charge on any atom is 0.276 e. The van der Waals surface area contributed by atoms with Crippen LogP contribution in [-0.2, 0) is 14.7 Å². The molecule has 0 aromatic carbocycles. The molecule has 0 saturated heterocycles. The van der Waals surface area contributed by atoms with E-state index in [0.29, 0.717) is 0 Å². The summed E-state index contributed by atoms with van der Waals surface area (Å²) >= 11 is 0. The molecule has 0 heterocycles. The quantitative estimate of drug-likeness (QED) is 0.646. The zero-order valence-electron chi connectivity index (χ0n) is 5.56. The van der Waals surface area contributed by atoms with Gasteiger partial charge in [-0.3, -0.25) is 0 Å². The molecular formula is C5H7ClF2O2S. The van der Waals surface area contributed by atoms with E-state index in [-0.39, 0.29) is 18.8 Å². The first-order chi connectivity index (χ1) is 5.02. The Balaban J connectivity index is 2.02. The zero-order valence-corrected chi connectivity index (χ0v) is 7.13. The van der Waals surface area contributed by atoms with Crippen LogP contribution in [0.25, 0.3) is 0 Å². The zero-order chi connectivity index (χ0) is 8.48. The number of ether oxygens (including phenoxy) is 1. The largest absolute Gasteiger partial charge is 0.371 e. The van der Waals surface area contributed by atoms with Gasteiger partial charge in [-0.25, -0.2) is 13.0 Å². The minimum atomic E-state index is -2.66. The number of hydrogen-bond acceptors (Lipinski definition) is 2. The maximum atomic E-state index is 12.1. The molecule has 2 unspecified atom stereocenters. The number of hydrogen-bond donors (Lipinski definition) is 0. The molecule has 66 valence electrons. The highest BCUT2D eigenvalue weighted by atomic mass is 35.7. The van der Waals surface area contributed by atoms with Crippen LogP contribution in [0.3, 0.4) is 0 Å². The SMILES string of the molecule is O=S(Cl)CCOC1CC1(F)F. The molecule has 1 fully saturated rings. The van der Waals surface area contributed by atoms with Gasteiger partial charge in [-0.2, -0.15) is 0 Å². The van der Waals surface area contributed by atoms with Crippen molar-refractivity contribution >= 4 is 20.7 Å². The topological polar surface area (TPSA) is 26.3 Å². The Hall–Kier alpha value is 0.260. The van der Waals surface area contributed by atoms with Crippen molar-refractivity contribution in [3.8, 4) is 0 Å². The smallest absolute Gasteiger partial charge is 0.276 e. The van der Waals surface area contributed by atoms with Gasteiger partial charge in [0.2, 0.25) is 0 Å². The molecule has 0 amide bonds.